The average molecular weight is 333 g/mol. The van der Waals surface area contributed by atoms with Crippen molar-refractivity contribution in [2.45, 2.75) is 44.4 Å². The third kappa shape index (κ3) is 3.44. The van der Waals surface area contributed by atoms with Gasteiger partial charge in [0.15, 0.2) is 5.60 Å². The van der Waals surface area contributed by atoms with Crippen LogP contribution in [0.15, 0.2) is 30.3 Å². The summed E-state index contributed by atoms with van der Waals surface area (Å²) >= 11 is 0. The molecule has 2 saturated heterocycles. The Morgan fingerprint density at radius 3 is 2.79 bits per heavy atom. The van der Waals surface area contributed by atoms with Gasteiger partial charge in [0.05, 0.1) is 13.0 Å². The summed E-state index contributed by atoms with van der Waals surface area (Å²) in [4.78, 5) is 30.0. The minimum absolute atomic E-state index is 0.0390. The third-order valence-electron chi connectivity index (χ3n) is 4.78. The molecule has 2 heterocycles. The molecule has 0 aromatic heterocycles. The maximum absolute atomic E-state index is 12.3. The normalized spacial score (nSPS) is 29.8. The minimum atomic E-state index is -0.956. The second kappa shape index (κ2) is 6.91. The number of hydrogen-bond acceptors (Lipinski definition) is 6. The maximum atomic E-state index is 12.3. The Balaban J connectivity index is 1.55. The largest absolute Gasteiger partial charge is 0.467 e. The Bertz CT molecular complexity index is 605. The van der Waals surface area contributed by atoms with Crippen molar-refractivity contribution in [3.63, 3.8) is 0 Å². The van der Waals surface area contributed by atoms with Gasteiger partial charge in [0.25, 0.3) is 0 Å². The van der Waals surface area contributed by atoms with Crippen LogP contribution in [0.3, 0.4) is 0 Å². The lowest BCUT2D eigenvalue weighted by atomic mass is 9.87. The summed E-state index contributed by atoms with van der Waals surface area (Å²) in [6.07, 6.45) is 1.84. The number of esters is 2. The maximum Gasteiger partial charge on any atom is 0.340 e. The number of fused-ring (bicyclic) bond motifs is 1. The first-order valence-corrected chi connectivity index (χ1v) is 8.26. The molecule has 0 spiro atoms. The van der Waals surface area contributed by atoms with Crippen LogP contribution in [0.5, 0.6) is 0 Å². The van der Waals surface area contributed by atoms with Crippen LogP contribution in [0.1, 0.15) is 31.7 Å². The van der Waals surface area contributed by atoms with E-state index in [2.05, 4.69) is 0 Å². The highest BCUT2D eigenvalue weighted by atomic mass is 16.7. The zero-order valence-corrected chi connectivity index (χ0v) is 14.1. The highest BCUT2D eigenvalue weighted by molar-refractivity contribution is 5.79. The number of piperidine rings is 1. The molecule has 2 aliphatic rings. The summed E-state index contributed by atoms with van der Waals surface area (Å²) in [5.41, 5.74) is 0.0214. The molecule has 0 amide bonds. The van der Waals surface area contributed by atoms with E-state index in [1.165, 1.54) is 7.11 Å². The number of carbonyl (C=O) groups excluding carboxylic acids is 2. The van der Waals surface area contributed by atoms with Crippen LogP contribution in [-0.2, 0) is 30.5 Å². The smallest absolute Gasteiger partial charge is 0.340 e. The Kier molecular flexibility index (Phi) is 4.87. The fourth-order valence-corrected chi connectivity index (χ4v) is 3.48. The number of benzene rings is 1. The van der Waals surface area contributed by atoms with Gasteiger partial charge in [0.1, 0.15) is 6.61 Å². The van der Waals surface area contributed by atoms with Gasteiger partial charge in [0, 0.05) is 19.0 Å². The summed E-state index contributed by atoms with van der Waals surface area (Å²) < 4.78 is 10.3. The van der Waals surface area contributed by atoms with Crippen molar-refractivity contribution < 1.29 is 23.9 Å². The second-order valence-corrected chi connectivity index (χ2v) is 6.63. The van der Waals surface area contributed by atoms with Gasteiger partial charge in [-0.25, -0.2) is 4.79 Å². The van der Waals surface area contributed by atoms with Crippen LogP contribution in [-0.4, -0.2) is 42.3 Å². The highest BCUT2D eigenvalue weighted by Gasteiger charge is 2.51. The van der Waals surface area contributed by atoms with Crippen LogP contribution >= 0.6 is 0 Å². The Labute approximate surface area is 141 Å². The van der Waals surface area contributed by atoms with Crippen molar-refractivity contribution in [2.24, 2.45) is 5.92 Å². The molecule has 1 aromatic rings. The van der Waals surface area contributed by atoms with Crippen LogP contribution in [0.4, 0.5) is 0 Å². The van der Waals surface area contributed by atoms with Crippen LogP contribution in [0.2, 0.25) is 0 Å². The van der Waals surface area contributed by atoms with Crippen molar-refractivity contribution in [3.05, 3.63) is 35.9 Å². The predicted molar refractivity (Wildman–Crippen MR) is 85.6 cm³/mol. The zero-order chi connectivity index (χ0) is 17.2. The molecule has 3 rings (SSSR count). The lowest BCUT2D eigenvalue weighted by molar-refractivity contribution is -0.222. The van der Waals surface area contributed by atoms with Gasteiger partial charge in [-0.15, -0.1) is 0 Å². The third-order valence-corrected chi connectivity index (χ3v) is 4.78. The molecule has 0 N–H and O–H groups in total. The van der Waals surface area contributed by atoms with Crippen LogP contribution in [0, 0.1) is 5.92 Å². The van der Waals surface area contributed by atoms with E-state index in [-0.39, 0.29) is 23.9 Å². The molecule has 130 valence electrons. The van der Waals surface area contributed by atoms with Crippen molar-refractivity contribution in [3.8, 4) is 0 Å². The molecule has 0 aliphatic carbocycles. The molecule has 6 nitrogen and oxygen atoms in total. The molecule has 2 fully saturated rings. The quantitative estimate of drug-likeness (QED) is 0.786. The first kappa shape index (κ1) is 16.9. The molecular formula is C18H23NO5. The van der Waals surface area contributed by atoms with E-state index in [4.69, 9.17) is 14.3 Å². The highest BCUT2D eigenvalue weighted by Crippen LogP contribution is 2.38. The number of nitrogens with zero attached hydrogens (tertiary/aromatic N) is 1. The summed E-state index contributed by atoms with van der Waals surface area (Å²) in [6, 6.07) is 9.68. The van der Waals surface area contributed by atoms with E-state index in [0.29, 0.717) is 32.4 Å². The molecular weight excluding hydrogens is 310 g/mol. The Morgan fingerprint density at radius 1 is 1.33 bits per heavy atom. The van der Waals surface area contributed by atoms with Gasteiger partial charge in [-0.3, -0.25) is 9.63 Å². The predicted octanol–water partition coefficient (Wildman–Crippen LogP) is 2.08. The SMILES string of the molecule is COC(=O)[C@]1(C)C[C@@H]2C[C@H](C(=O)OCc3ccccc3)CCN2O1. The molecule has 24 heavy (non-hydrogen) atoms. The van der Waals surface area contributed by atoms with E-state index in [9.17, 15) is 9.59 Å². The second-order valence-electron chi connectivity index (χ2n) is 6.63. The van der Waals surface area contributed by atoms with Crippen molar-refractivity contribution >= 4 is 11.9 Å². The number of hydroxylamine groups is 2. The van der Waals surface area contributed by atoms with E-state index < -0.39 is 5.60 Å². The molecule has 0 radical (unpaired) electrons. The van der Waals surface area contributed by atoms with Gasteiger partial charge in [-0.2, -0.15) is 5.06 Å². The molecule has 0 unspecified atom stereocenters. The summed E-state index contributed by atoms with van der Waals surface area (Å²) in [5.74, 6) is -0.705. The van der Waals surface area contributed by atoms with Gasteiger partial charge in [0.2, 0.25) is 0 Å². The van der Waals surface area contributed by atoms with Gasteiger partial charge >= 0.3 is 11.9 Å². The topological polar surface area (TPSA) is 65.1 Å². The standard InChI is InChI=1S/C18H23NO5/c1-18(17(21)22-2)11-15-10-14(8-9-19(15)24-18)16(20)23-12-13-6-4-3-5-7-13/h3-7,14-15H,8-12H2,1-2H3/t14-,15+,18+/m1/s1. The van der Waals surface area contributed by atoms with E-state index in [1.54, 1.807) is 6.92 Å². The monoisotopic (exact) mass is 333 g/mol. The number of hydrogen-bond donors (Lipinski definition) is 0. The lowest BCUT2D eigenvalue weighted by Crippen LogP contribution is -2.40. The number of rotatable bonds is 4. The molecule has 3 atom stereocenters. The summed E-state index contributed by atoms with van der Waals surface area (Å²) in [6.45, 7) is 2.64. The average Bonchev–Trinajstić information content (AvgIpc) is 2.96. The first-order chi connectivity index (χ1) is 11.5. The lowest BCUT2D eigenvalue weighted by Gasteiger charge is -2.31. The number of methoxy groups -OCH3 is 1. The summed E-state index contributed by atoms with van der Waals surface area (Å²) in [5, 5.41) is 1.82. The Morgan fingerprint density at radius 2 is 2.08 bits per heavy atom. The number of ether oxygens (including phenoxy) is 2. The fourth-order valence-electron chi connectivity index (χ4n) is 3.48. The first-order valence-electron chi connectivity index (χ1n) is 8.26. The zero-order valence-electron chi connectivity index (χ0n) is 14.1. The molecule has 6 heteroatoms. The fraction of sp³-hybridized carbons (Fsp3) is 0.556. The van der Waals surface area contributed by atoms with Gasteiger partial charge < -0.3 is 9.47 Å². The molecule has 2 aliphatic heterocycles. The molecule has 1 aromatic carbocycles. The number of carbonyl (C=O) groups is 2. The summed E-state index contributed by atoms with van der Waals surface area (Å²) in [7, 11) is 1.36. The van der Waals surface area contributed by atoms with E-state index >= 15 is 0 Å². The van der Waals surface area contributed by atoms with Gasteiger partial charge in [-0.1, -0.05) is 30.3 Å². The van der Waals surface area contributed by atoms with Crippen molar-refractivity contribution in [1.82, 2.24) is 5.06 Å². The van der Waals surface area contributed by atoms with Crippen LogP contribution < -0.4 is 0 Å². The van der Waals surface area contributed by atoms with Gasteiger partial charge in [-0.05, 0) is 25.3 Å². The van der Waals surface area contributed by atoms with E-state index in [1.807, 2.05) is 35.4 Å². The minimum Gasteiger partial charge on any atom is -0.467 e. The molecule has 0 bridgehead atoms. The Hall–Kier alpha value is -1.92. The molecule has 0 saturated carbocycles. The van der Waals surface area contributed by atoms with Crippen molar-refractivity contribution in [2.75, 3.05) is 13.7 Å². The van der Waals surface area contributed by atoms with Crippen LogP contribution in [0.25, 0.3) is 0 Å². The van der Waals surface area contributed by atoms with Crippen molar-refractivity contribution in [1.29, 1.82) is 0 Å². The van der Waals surface area contributed by atoms with E-state index in [0.717, 1.165) is 5.56 Å².